The van der Waals surface area contributed by atoms with E-state index in [0.717, 1.165) is 38.4 Å². The van der Waals surface area contributed by atoms with Crippen LogP contribution in [0.25, 0.3) is 0 Å². The third-order valence-electron chi connectivity index (χ3n) is 4.30. The van der Waals surface area contributed by atoms with Crippen molar-refractivity contribution in [2.75, 3.05) is 32.4 Å². The molecular formula is C15H26N4OS. The number of nitrogens with zero attached hydrogens (tertiary/aromatic N) is 4. The summed E-state index contributed by atoms with van der Waals surface area (Å²) in [6, 6.07) is 0.201. The molecule has 2 unspecified atom stereocenters. The average Bonchev–Trinajstić information content (AvgIpc) is 2.93. The predicted molar refractivity (Wildman–Crippen MR) is 87.4 cm³/mol. The van der Waals surface area contributed by atoms with Gasteiger partial charge in [-0.2, -0.15) is 11.8 Å². The molecule has 5 nitrogen and oxygen atoms in total. The molecule has 0 saturated carbocycles. The summed E-state index contributed by atoms with van der Waals surface area (Å²) in [4.78, 5) is 21.5. The van der Waals surface area contributed by atoms with Crippen molar-refractivity contribution in [2.45, 2.75) is 31.6 Å². The van der Waals surface area contributed by atoms with Crippen molar-refractivity contribution in [3.05, 3.63) is 18.2 Å². The fourth-order valence-electron chi connectivity index (χ4n) is 2.99. The number of carbonyl (C=O) groups excluding carboxylic acids is 1. The number of hydrogen-bond acceptors (Lipinski definition) is 4. The number of aromatic nitrogens is 2. The van der Waals surface area contributed by atoms with Gasteiger partial charge in [0.2, 0.25) is 5.91 Å². The molecule has 0 bridgehead atoms. The summed E-state index contributed by atoms with van der Waals surface area (Å²) >= 11 is 1.65. The second-order valence-corrected chi connectivity index (χ2v) is 6.50. The van der Waals surface area contributed by atoms with Crippen LogP contribution in [0, 0.1) is 0 Å². The quantitative estimate of drug-likeness (QED) is 0.831. The first kappa shape index (κ1) is 16.4. The number of rotatable bonds is 5. The zero-order chi connectivity index (χ0) is 15.4. The molecule has 0 aromatic carbocycles. The van der Waals surface area contributed by atoms with Gasteiger partial charge in [-0.1, -0.05) is 13.8 Å². The van der Waals surface area contributed by atoms with Crippen molar-refractivity contribution in [2.24, 2.45) is 7.05 Å². The highest BCUT2D eigenvalue weighted by molar-refractivity contribution is 7.99. The molecule has 0 aliphatic carbocycles. The molecule has 1 amide bonds. The maximum absolute atomic E-state index is 12.6. The first-order chi connectivity index (χ1) is 10.1. The van der Waals surface area contributed by atoms with E-state index in [2.05, 4.69) is 28.3 Å². The summed E-state index contributed by atoms with van der Waals surface area (Å²) in [7, 11) is 2.02. The van der Waals surface area contributed by atoms with Crippen LogP contribution in [0.4, 0.5) is 0 Å². The highest BCUT2D eigenvalue weighted by Gasteiger charge is 2.33. The van der Waals surface area contributed by atoms with E-state index in [9.17, 15) is 4.79 Å². The number of amides is 1. The monoisotopic (exact) mass is 310 g/mol. The molecule has 1 aliphatic heterocycles. The lowest BCUT2D eigenvalue weighted by atomic mass is 10.1. The molecule has 0 spiro atoms. The average molecular weight is 310 g/mol. The topological polar surface area (TPSA) is 41.4 Å². The van der Waals surface area contributed by atoms with Crippen molar-refractivity contribution in [3.8, 4) is 0 Å². The molecule has 21 heavy (non-hydrogen) atoms. The lowest BCUT2D eigenvalue weighted by Crippen LogP contribution is -2.52. The van der Waals surface area contributed by atoms with Gasteiger partial charge >= 0.3 is 0 Å². The summed E-state index contributed by atoms with van der Waals surface area (Å²) in [6.45, 7) is 7.73. The third-order valence-corrected chi connectivity index (χ3v) is 5.40. The van der Waals surface area contributed by atoms with Gasteiger partial charge in [-0.3, -0.25) is 9.69 Å². The van der Waals surface area contributed by atoms with E-state index in [1.807, 2.05) is 30.6 Å². The zero-order valence-corrected chi connectivity index (χ0v) is 14.3. The Morgan fingerprint density at radius 2 is 2.24 bits per heavy atom. The molecule has 0 radical (unpaired) electrons. The van der Waals surface area contributed by atoms with Crippen molar-refractivity contribution >= 4 is 17.7 Å². The number of thioether (sulfide) groups is 1. The number of hydrogen-bond donors (Lipinski definition) is 0. The Morgan fingerprint density at radius 3 is 2.76 bits per heavy atom. The molecule has 1 aromatic heterocycles. The summed E-state index contributed by atoms with van der Waals surface area (Å²) in [5, 5.41) is 0.0835. The van der Waals surface area contributed by atoms with E-state index >= 15 is 0 Å². The van der Waals surface area contributed by atoms with Gasteiger partial charge < -0.3 is 9.47 Å². The van der Waals surface area contributed by atoms with E-state index in [1.54, 1.807) is 11.8 Å². The van der Waals surface area contributed by atoms with Crippen LogP contribution in [0.5, 0.6) is 0 Å². The largest absolute Gasteiger partial charge is 0.338 e. The summed E-state index contributed by atoms with van der Waals surface area (Å²) < 4.78 is 2.06. The summed E-state index contributed by atoms with van der Waals surface area (Å²) in [6.07, 6.45) is 6.72. The van der Waals surface area contributed by atoms with Gasteiger partial charge in [-0.05, 0) is 19.2 Å². The number of imidazole rings is 1. The van der Waals surface area contributed by atoms with E-state index in [1.165, 1.54) is 0 Å². The van der Waals surface area contributed by atoms with Crippen molar-refractivity contribution < 1.29 is 4.79 Å². The molecule has 118 valence electrons. The number of piperazine rings is 1. The minimum absolute atomic E-state index is 0.0835. The van der Waals surface area contributed by atoms with Gasteiger partial charge in [0, 0.05) is 39.1 Å². The second-order valence-electron chi connectivity index (χ2n) is 5.46. The highest BCUT2D eigenvalue weighted by atomic mass is 32.2. The zero-order valence-electron chi connectivity index (χ0n) is 13.5. The van der Waals surface area contributed by atoms with Crippen molar-refractivity contribution in [1.29, 1.82) is 0 Å². The third kappa shape index (κ3) is 3.43. The first-order valence-electron chi connectivity index (χ1n) is 7.65. The Balaban J connectivity index is 2.16. The maximum atomic E-state index is 12.6. The normalized spacial score (nSPS) is 21.5. The minimum Gasteiger partial charge on any atom is -0.338 e. The minimum atomic E-state index is 0.0835. The molecule has 2 atom stereocenters. The standard InChI is InChI=1S/C15H26N4OS/c1-5-13(21-4)15(20)19-10-9-18(6-2)12(11-19)14-16-7-8-17(14)3/h7-8,12-13H,5-6,9-11H2,1-4H3. The fourth-order valence-corrected chi connectivity index (χ4v) is 3.67. The molecule has 1 saturated heterocycles. The molecule has 6 heteroatoms. The highest BCUT2D eigenvalue weighted by Crippen LogP contribution is 2.25. The summed E-state index contributed by atoms with van der Waals surface area (Å²) in [5.41, 5.74) is 0. The molecule has 1 fully saturated rings. The van der Waals surface area contributed by atoms with Crippen LogP contribution in [-0.2, 0) is 11.8 Å². The van der Waals surface area contributed by atoms with Crippen LogP contribution in [-0.4, -0.2) is 62.9 Å². The van der Waals surface area contributed by atoms with Gasteiger partial charge in [0.1, 0.15) is 5.82 Å². The smallest absolute Gasteiger partial charge is 0.235 e. The van der Waals surface area contributed by atoms with Crippen LogP contribution in [0.3, 0.4) is 0 Å². The molecule has 2 heterocycles. The van der Waals surface area contributed by atoms with Gasteiger partial charge in [0.15, 0.2) is 0 Å². The summed E-state index contributed by atoms with van der Waals surface area (Å²) in [5.74, 6) is 1.33. The lowest BCUT2D eigenvalue weighted by Gasteiger charge is -2.41. The van der Waals surface area contributed by atoms with Crippen LogP contribution in [0.1, 0.15) is 32.1 Å². The number of likely N-dealkylation sites (N-methyl/N-ethyl adjacent to an activating group) is 1. The Kier molecular flexibility index (Phi) is 5.70. The van der Waals surface area contributed by atoms with Gasteiger partial charge in [-0.15, -0.1) is 0 Å². The van der Waals surface area contributed by atoms with Gasteiger partial charge in [-0.25, -0.2) is 4.98 Å². The van der Waals surface area contributed by atoms with Gasteiger partial charge in [0.25, 0.3) is 0 Å². The molecular weight excluding hydrogens is 284 g/mol. The van der Waals surface area contributed by atoms with Crippen LogP contribution < -0.4 is 0 Å². The second kappa shape index (κ2) is 7.31. The Labute approximate surface area is 131 Å². The lowest BCUT2D eigenvalue weighted by molar-refractivity contribution is -0.133. The number of carbonyl (C=O) groups is 1. The number of aryl methyl sites for hydroxylation is 1. The van der Waals surface area contributed by atoms with Crippen LogP contribution >= 0.6 is 11.8 Å². The SMILES string of the molecule is CCC(SC)C(=O)N1CCN(CC)C(c2nccn2C)C1. The van der Waals surface area contributed by atoms with E-state index in [4.69, 9.17) is 0 Å². The van der Waals surface area contributed by atoms with Gasteiger partial charge in [0.05, 0.1) is 11.3 Å². The molecule has 0 N–H and O–H groups in total. The van der Waals surface area contributed by atoms with Crippen LogP contribution in [0.15, 0.2) is 12.4 Å². The van der Waals surface area contributed by atoms with E-state index in [-0.39, 0.29) is 17.2 Å². The van der Waals surface area contributed by atoms with Crippen LogP contribution in [0.2, 0.25) is 0 Å². The molecule has 1 aliphatic rings. The van der Waals surface area contributed by atoms with E-state index in [0.29, 0.717) is 0 Å². The Hall–Kier alpha value is -1.01. The van der Waals surface area contributed by atoms with Crippen molar-refractivity contribution in [1.82, 2.24) is 19.4 Å². The fraction of sp³-hybridized carbons (Fsp3) is 0.733. The first-order valence-corrected chi connectivity index (χ1v) is 8.93. The Morgan fingerprint density at radius 1 is 1.48 bits per heavy atom. The van der Waals surface area contributed by atoms with Crippen molar-refractivity contribution in [3.63, 3.8) is 0 Å². The molecule has 1 aromatic rings. The maximum Gasteiger partial charge on any atom is 0.235 e. The predicted octanol–water partition coefficient (Wildman–Crippen LogP) is 1.77. The molecule has 2 rings (SSSR count). The van der Waals surface area contributed by atoms with E-state index < -0.39 is 0 Å². The Bertz CT molecular complexity index is 472.